The third kappa shape index (κ3) is 2.41. The predicted octanol–water partition coefficient (Wildman–Crippen LogP) is -0.647. The number of amides is 1. The van der Waals surface area contributed by atoms with Crippen LogP contribution in [0, 0.1) is 0 Å². The third-order valence-electron chi connectivity index (χ3n) is 2.81. The molecule has 1 saturated heterocycles. The summed E-state index contributed by atoms with van der Waals surface area (Å²) in [7, 11) is 1.84. The maximum absolute atomic E-state index is 10.4. The SMILES string of the molecule is Cn1ncc(N)c1N1CCC(NNC(=O)O)C1. The molecule has 0 radical (unpaired) electrons. The summed E-state index contributed by atoms with van der Waals surface area (Å²) >= 11 is 0. The molecule has 1 atom stereocenters. The molecule has 8 heteroatoms. The minimum absolute atomic E-state index is 0.0837. The molecular formula is C9H16N6O2. The van der Waals surface area contributed by atoms with Crippen LogP contribution in [0.15, 0.2) is 6.20 Å². The number of nitrogen functional groups attached to an aromatic ring is 1. The number of hydrogen-bond donors (Lipinski definition) is 4. The van der Waals surface area contributed by atoms with Crippen molar-refractivity contribution < 1.29 is 9.90 Å². The van der Waals surface area contributed by atoms with E-state index >= 15 is 0 Å². The summed E-state index contributed by atoms with van der Waals surface area (Å²) in [6.45, 7) is 1.52. The second kappa shape index (κ2) is 4.50. The second-order valence-corrected chi connectivity index (χ2v) is 4.05. The Morgan fingerprint density at radius 1 is 1.71 bits per heavy atom. The Morgan fingerprint density at radius 3 is 3.06 bits per heavy atom. The van der Waals surface area contributed by atoms with Crippen molar-refractivity contribution in [2.45, 2.75) is 12.5 Å². The minimum atomic E-state index is -1.08. The molecule has 17 heavy (non-hydrogen) atoms. The topological polar surface area (TPSA) is 108 Å². The lowest BCUT2D eigenvalue weighted by atomic mass is 10.3. The van der Waals surface area contributed by atoms with E-state index in [1.54, 1.807) is 10.9 Å². The number of nitrogens with one attached hydrogen (secondary N) is 2. The fraction of sp³-hybridized carbons (Fsp3) is 0.556. The van der Waals surface area contributed by atoms with E-state index in [-0.39, 0.29) is 6.04 Å². The first-order valence-electron chi connectivity index (χ1n) is 5.35. The highest BCUT2D eigenvalue weighted by molar-refractivity contribution is 5.64. The molecule has 94 valence electrons. The van der Waals surface area contributed by atoms with Gasteiger partial charge in [0.05, 0.1) is 11.9 Å². The van der Waals surface area contributed by atoms with Gasteiger partial charge < -0.3 is 15.7 Å². The van der Waals surface area contributed by atoms with Crippen LogP contribution in [-0.4, -0.2) is 40.1 Å². The molecule has 0 aliphatic carbocycles. The van der Waals surface area contributed by atoms with Crippen LogP contribution < -0.4 is 21.5 Å². The van der Waals surface area contributed by atoms with E-state index in [0.717, 1.165) is 18.8 Å². The number of carboxylic acid groups (broad SMARTS) is 1. The molecule has 1 aromatic rings. The van der Waals surface area contributed by atoms with Crippen molar-refractivity contribution in [3.63, 3.8) is 0 Å². The van der Waals surface area contributed by atoms with Crippen LogP contribution in [0.4, 0.5) is 16.3 Å². The molecule has 0 aromatic carbocycles. The monoisotopic (exact) mass is 240 g/mol. The number of aryl methyl sites for hydroxylation is 1. The first kappa shape index (κ1) is 11.5. The number of hydrogen-bond acceptors (Lipinski definition) is 5. The minimum Gasteiger partial charge on any atom is -0.464 e. The number of nitrogens with zero attached hydrogens (tertiary/aromatic N) is 3. The van der Waals surface area contributed by atoms with E-state index in [0.29, 0.717) is 12.2 Å². The molecule has 1 unspecified atom stereocenters. The van der Waals surface area contributed by atoms with Gasteiger partial charge >= 0.3 is 6.09 Å². The number of anilines is 2. The van der Waals surface area contributed by atoms with Crippen molar-refractivity contribution in [1.29, 1.82) is 0 Å². The van der Waals surface area contributed by atoms with E-state index in [9.17, 15) is 4.79 Å². The fourth-order valence-corrected chi connectivity index (χ4v) is 2.07. The van der Waals surface area contributed by atoms with Gasteiger partial charge in [0, 0.05) is 26.2 Å². The maximum Gasteiger partial charge on any atom is 0.419 e. The summed E-state index contributed by atoms with van der Waals surface area (Å²) in [5.41, 5.74) is 11.4. The molecule has 1 amide bonds. The Labute approximate surface area is 98.3 Å². The molecule has 2 rings (SSSR count). The number of carbonyl (C=O) groups is 1. The number of nitrogens with two attached hydrogens (primary N) is 1. The first-order valence-corrected chi connectivity index (χ1v) is 5.35. The number of hydrazine groups is 1. The summed E-state index contributed by atoms with van der Waals surface area (Å²) in [6.07, 6.45) is 1.39. The molecule has 1 aliphatic heterocycles. The average molecular weight is 240 g/mol. The summed E-state index contributed by atoms with van der Waals surface area (Å²) in [5, 5.41) is 12.6. The van der Waals surface area contributed by atoms with Crippen LogP contribution in [0.2, 0.25) is 0 Å². The van der Waals surface area contributed by atoms with E-state index in [4.69, 9.17) is 10.8 Å². The largest absolute Gasteiger partial charge is 0.464 e. The van der Waals surface area contributed by atoms with Crippen LogP contribution in [-0.2, 0) is 7.05 Å². The highest BCUT2D eigenvalue weighted by Gasteiger charge is 2.26. The van der Waals surface area contributed by atoms with Gasteiger partial charge in [-0.2, -0.15) is 5.10 Å². The average Bonchev–Trinajstić information content (AvgIpc) is 2.83. The fourth-order valence-electron chi connectivity index (χ4n) is 2.07. The highest BCUT2D eigenvalue weighted by Crippen LogP contribution is 2.25. The Bertz CT molecular complexity index is 398. The molecule has 8 nitrogen and oxygen atoms in total. The molecule has 1 fully saturated rings. The lowest BCUT2D eigenvalue weighted by molar-refractivity contribution is 0.187. The second-order valence-electron chi connectivity index (χ2n) is 4.05. The van der Waals surface area contributed by atoms with Crippen LogP contribution in [0.3, 0.4) is 0 Å². The maximum atomic E-state index is 10.4. The summed E-state index contributed by atoms with van der Waals surface area (Å²) in [5.74, 6) is 0.879. The summed E-state index contributed by atoms with van der Waals surface area (Å²) < 4.78 is 1.72. The van der Waals surface area contributed by atoms with E-state index < -0.39 is 6.09 Å². The Hall–Kier alpha value is -1.96. The van der Waals surface area contributed by atoms with Gasteiger partial charge in [-0.1, -0.05) is 0 Å². The van der Waals surface area contributed by atoms with Crippen molar-refractivity contribution in [3.8, 4) is 0 Å². The molecule has 0 saturated carbocycles. The molecular weight excluding hydrogens is 224 g/mol. The quantitative estimate of drug-likeness (QED) is 0.523. The standard InChI is InChI=1S/C9H16N6O2/c1-14-8(7(10)4-11-14)15-3-2-6(5-15)12-13-9(16)17/h4,6,12-13H,2-3,5,10H2,1H3,(H,16,17). The van der Waals surface area contributed by atoms with Gasteiger partial charge in [0.15, 0.2) is 0 Å². The van der Waals surface area contributed by atoms with Gasteiger partial charge in [0.1, 0.15) is 5.82 Å². The molecule has 1 aromatic heterocycles. The zero-order valence-corrected chi connectivity index (χ0v) is 9.55. The molecule has 1 aliphatic rings. The van der Waals surface area contributed by atoms with Gasteiger partial charge in [-0.15, -0.1) is 0 Å². The predicted molar refractivity (Wildman–Crippen MR) is 62.5 cm³/mol. The molecule has 2 heterocycles. The van der Waals surface area contributed by atoms with Crippen molar-refractivity contribution in [3.05, 3.63) is 6.20 Å². The van der Waals surface area contributed by atoms with Gasteiger partial charge in [0.2, 0.25) is 0 Å². The van der Waals surface area contributed by atoms with Crippen LogP contribution in [0.25, 0.3) is 0 Å². The third-order valence-corrected chi connectivity index (χ3v) is 2.81. The van der Waals surface area contributed by atoms with E-state index in [1.165, 1.54) is 0 Å². The van der Waals surface area contributed by atoms with Crippen LogP contribution in [0.1, 0.15) is 6.42 Å². The van der Waals surface area contributed by atoms with Crippen molar-refractivity contribution in [2.24, 2.45) is 7.05 Å². The number of aromatic nitrogens is 2. The van der Waals surface area contributed by atoms with Crippen LogP contribution in [0.5, 0.6) is 0 Å². The lowest BCUT2D eigenvalue weighted by Crippen LogP contribution is -2.45. The Balaban J connectivity index is 1.96. The van der Waals surface area contributed by atoms with Crippen LogP contribution >= 0.6 is 0 Å². The van der Waals surface area contributed by atoms with Gasteiger partial charge in [0.25, 0.3) is 0 Å². The summed E-state index contributed by atoms with van der Waals surface area (Å²) in [6, 6.07) is 0.0837. The van der Waals surface area contributed by atoms with Crippen molar-refractivity contribution >= 4 is 17.6 Å². The molecule has 5 N–H and O–H groups in total. The Kier molecular flexibility index (Phi) is 3.05. The van der Waals surface area contributed by atoms with Crippen molar-refractivity contribution in [1.82, 2.24) is 20.6 Å². The smallest absolute Gasteiger partial charge is 0.419 e. The molecule has 0 spiro atoms. The van der Waals surface area contributed by atoms with E-state index in [1.807, 2.05) is 7.05 Å². The number of rotatable bonds is 3. The molecule has 0 bridgehead atoms. The highest BCUT2D eigenvalue weighted by atomic mass is 16.4. The Morgan fingerprint density at radius 2 is 2.47 bits per heavy atom. The first-order chi connectivity index (χ1) is 8.08. The normalized spacial score (nSPS) is 19.6. The zero-order valence-electron chi connectivity index (χ0n) is 9.55. The van der Waals surface area contributed by atoms with Gasteiger partial charge in [-0.05, 0) is 6.42 Å². The lowest BCUT2D eigenvalue weighted by Gasteiger charge is -2.19. The van der Waals surface area contributed by atoms with Gasteiger partial charge in [-0.3, -0.25) is 10.1 Å². The van der Waals surface area contributed by atoms with Gasteiger partial charge in [-0.25, -0.2) is 10.2 Å². The van der Waals surface area contributed by atoms with Crippen molar-refractivity contribution in [2.75, 3.05) is 23.7 Å². The summed E-state index contributed by atoms with van der Waals surface area (Å²) in [4.78, 5) is 12.4. The van der Waals surface area contributed by atoms with E-state index in [2.05, 4.69) is 20.9 Å². The zero-order chi connectivity index (χ0) is 12.4.